The van der Waals surface area contributed by atoms with Gasteiger partial charge in [0, 0.05) is 12.2 Å². The van der Waals surface area contributed by atoms with Crippen molar-refractivity contribution in [1.29, 1.82) is 0 Å². The van der Waals surface area contributed by atoms with Gasteiger partial charge in [-0.2, -0.15) is 0 Å². The summed E-state index contributed by atoms with van der Waals surface area (Å²) in [4.78, 5) is 29.8. The molecule has 1 aromatic heterocycles. The number of aryl methyl sites for hydroxylation is 1. The number of hydrogen-bond donors (Lipinski definition) is 1. The van der Waals surface area contributed by atoms with Gasteiger partial charge >= 0.3 is 0 Å². The van der Waals surface area contributed by atoms with Crippen molar-refractivity contribution in [3.05, 3.63) is 70.1 Å². The van der Waals surface area contributed by atoms with E-state index >= 15 is 0 Å². The molecule has 2 heterocycles. The summed E-state index contributed by atoms with van der Waals surface area (Å²) in [5, 5.41) is 2.83. The minimum Gasteiger partial charge on any atom is -0.325 e. The van der Waals surface area contributed by atoms with Crippen molar-refractivity contribution < 1.29 is 4.79 Å². The lowest BCUT2D eigenvalue weighted by Crippen LogP contribution is -2.29. The summed E-state index contributed by atoms with van der Waals surface area (Å²) in [6.07, 6.45) is 0. The first-order valence-corrected chi connectivity index (χ1v) is 7.60. The molecule has 5 nitrogen and oxygen atoms in total. The summed E-state index contributed by atoms with van der Waals surface area (Å²) in [6.45, 7) is 2.45. The molecule has 1 unspecified atom stereocenters. The van der Waals surface area contributed by atoms with E-state index in [0.29, 0.717) is 6.54 Å². The molecule has 4 rings (SSSR count). The Morgan fingerprint density at radius 2 is 1.83 bits per heavy atom. The lowest BCUT2D eigenvalue weighted by atomic mass is 9.97. The van der Waals surface area contributed by atoms with E-state index in [0.717, 1.165) is 22.3 Å². The third kappa shape index (κ3) is 1.97. The number of nitrogens with zero attached hydrogens (tertiary/aromatic N) is 2. The molecule has 3 aromatic rings. The average Bonchev–Trinajstić information content (AvgIpc) is 2.90. The van der Waals surface area contributed by atoms with Gasteiger partial charge < -0.3 is 9.88 Å². The zero-order valence-electron chi connectivity index (χ0n) is 12.6. The average molecular weight is 305 g/mol. The van der Waals surface area contributed by atoms with E-state index in [1.165, 1.54) is 0 Å². The van der Waals surface area contributed by atoms with Gasteiger partial charge in [-0.25, -0.2) is 4.98 Å². The second-order valence-electron chi connectivity index (χ2n) is 5.54. The molecule has 0 bridgehead atoms. The molecular weight excluding hydrogens is 290 g/mol. The number of rotatable bonds is 2. The topological polar surface area (TPSA) is 64.0 Å². The third-order valence-corrected chi connectivity index (χ3v) is 4.26. The van der Waals surface area contributed by atoms with Crippen molar-refractivity contribution in [3.63, 3.8) is 0 Å². The Balaban J connectivity index is 2.02. The number of amides is 1. The summed E-state index contributed by atoms with van der Waals surface area (Å²) in [7, 11) is 0. The number of aromatic nitrogens is 2. The Labute approximate surface area is 132 Å². The molecule has 1 amide bonds. The smallest absolute Gasteiger partial charge is 0.273 e. The van der Waals surface area contributed by atoms with Crippen molar-refractivity contribution in [2.75, 3.05) is 5.32 Å². The maximum absolute atomic E-state index is 12.9. The van der Waals surface area contributed by atoms with Gasteiger partial charge in [0.2, 0.25) is 5.91 Å². The van der Waals surface area contributed by atoms with E-state index in [4.69, 9.17) is 0 Å². The summed E-state index contributed by atoms with van der Waals surface area (Å²) >= 11 is 0. The molecule has 1 aliphatic rings. The zero-order valence-corrected chi connectivity index (χ0v) is 12.6. The number of carbonyl (C=O) groups excluding carboxylic acids is 1. The fourth-order valence-electron chi connectivity index (χ4n) is 3.19. The van der Waals surface area contributed by atoms with E-state index in [9.17, 15) is 9.59 Å². The Hall–Kier alpha value is -2.95. The fourth-order valence-corrected chi connectivity index (χ4v) is 3.19. The molecule has 1 atom stereocenters. The SMILES string of the molecule is CCn1c(=O)c(C2C(=O)Nc3ccccc32)nc2ccccc21. The molecule has 5 heteroatoms. The minimum atomic E-state index is -0.652. The summed E-state index contributed by atoms with van der Waals surface area (Å²) in [6, 6.07) is 14.9. The van der Waals surface area contributed by atoms with Crippen LogP contribution in [0, 0.1) is 0 Å². The van der Waals surface area contributed by atoms with Crippen molar-refractivity contribution in [1.82, 2.24) is 9.55 Å². The quantitative estimate of drug-likeness (QED) is 0.791. The molecule has 1 N–H and O–H groups in total. The third-order valence-electron chi connectivity index (χ3n) is 4.26. The number of nitrogens with one attached hydrogen (secondary N) is 1. The van der Waals surface area contributed by atoms with Crippen molar-refractivity contribution in [2.45, 2.75) is 19.4 Å². The van der Waals surface area contributed by atoms with Crippen LogP contribution in [0.2, 0.25) is 0 Å². The second kappa shape index (κ2) is 5.05. The zero-order chi connectivity index (χ0) is 16.0. The van der Waals surface area contributed by atoms with E-state index in [-0.39, 0.29) is 17.2 Å². The van der Waals surface area contributed by atoms with E-state index in [2.05, 4.69) is 10.3 Å². The van der Waals surface area contributed by atoms with Crippen LogP contribution in [0.3, 0.4) is 0 Å². The van der Waals surface area contributed by atoms with Crippen LogP contribution in [0.5, 0.6) is 0 Å². The lowest BCUT2D eigenvalue weighted by molar-refractivity contribution is -0.116. The fraction of sp³-hybridized carbons (Fsp3) is 0.167. The van der Waals surface area contributed by atoms with Gasteiger partial charge in [0.15, 0.2) is 0 Å². The van der Waals surface area contributed by atoms with Gasteiger partial charge in [-0.05, 0) is 30.7 Å². The Kier molecular flexibility index (Phi) is 3.01. The number of para-hydroxylation sites is 3. The summed E-state index contributed by atoms with van der Waals surface area (Å²) in [5.74, 6) is -0.852. The number of fused-ring (bicyclic) bond motifs is 2. The Morgan fingerprint density at radius 1 is 1.09 bits per heavy atom. The predicted octanol–water partition coefficient (Wildman–Crippen LogP) is 2.50. The molecule has 0 saturated heterocycles. The van der Waals surface area contributed by atoms with Crippen LogP contribution < -0.4 is 10.9 Å². The molecular formula is C18H15N3O2. The van der Waals surface area contributed by atoms with Crippen LogP contribution >= 0.6 is 0 Å². The van der Waals surface area contributed by atoms with Gasteiger partial charge in [-0.15, -0.1) is 0 Å². The van der Waals surface area contributed by atoms with Gasteiger partial charge in [0.1, 0.15) is 11.6 Å². The van der Waals surface area contributed by atoms with Crippen LogP contribution in [0.4, 0.5) is 5.69 Å². The highest BCUT2D eigenvalue weighted by Gasteiger charge is 2.35. The first-order valence-electron chi connectivity index (χ1n) is 7.60. The molecule has 23 heavy (non-hydrogen) atoms. The Bertz CT molecular complexity index is 991. The largest absolute Gasteiger partial charge is 0.325 e. The second-order valence-corrected chi connectivity index (χ2v) is 5.54. The molecule has 1 aliphatic heterocycles. The highest BCUT2D eigenvalue weighted by Crippen LogP contribution is 2.35. The van der Waals surface area contributed by atoms with E-state index in [1.807, 2.05) is 55.5 Å². The first-order chi connectivity index (χ1) is 11.2. The first kappa shape index (κ1) is 13.7. The maximum atomic E-state index is 12.9. The molecule has 114 valence electrons. The summed E-state index contributed by atoms with van der Waals surface area (Å²) < 4.78 is 1.67. The summed E-state index contributed by atoms with van der Waals surface area (Å²) in [5.41, 5.74) is 3.15. The molecule has 0 radical (unpaired) electrons. The Morgan fingerprint density at radius 3 is 2.65 bits per heavy atom. The highest BCUT2D eigenvalue weighted by molar-refractivity contribution is 6.04. The van der Waals surface area contributed by atoms with Crippen LogP contribution in [-0.2, 0) is 11.3 Å². The molecule has 0 fully saturated rings. The highest BCUT2D eigenvalue weighted by atomic mass is 16.2. The van der Waals surface area contributed by atoms with Crippen LogP contribution in [0.25, 0.3) is 11.0 Å². The lowest BCUT2D eigenvalue weighted by Gasteiger charge is -2.13. The predicted molar refractivity (Wildman–Crippen MR) is 88.6 cm³/mol. The molecule has 2 aromatic carbocycles. The van der Waals surface area contributed by atoms with Crippen LogP contribution in [-0.4, -0.2) is 15.5 Å². The van der Waals surface area contributed by atoms with Gasteiger partial charge in [0.05, 0.1) is 11.0 Å². The van der Waals surface area contributed by atoms with Crippen LogP contribution in [0.15, 0.2) is 53.3 Å². The van der Waals surface area contributed by atoms with Gasteiger partial charge in [-0.3, -0.25) is 9.59 Å². The normalized spacial score (nSPS) is 16.4. The number of benzene rings is 2. The van der Waals surface area contributed by atoms with Gasteiger partial charge in [-0.1, -0.05) is 30.3 Å². The number of anilines is 1. The molecule has 0 saturated carbocycles. The van der Waals surface area contributed by atoms with Crippen LogP contribution in [0.1, 0.15) is 24.1 Å². The monoisotopic (exact) mass is 305 g/mol. The number of carbonyl (C=O) groups is 1. The van der Waals surface area contributed by atoms with E-state index in [1.54, 1.807) is 4.57 Å². The van der Waals surface area contributed by atoms with Gasteiger partial charge in [0.25, 0.3) is 5.56 Å². The van der Waals surface area contributed by atoms with Crippen molar-refractivity contribution in [2.24, 2.45) is 0 Å². The standard InChI is InChI=1S/C18H15N3O2/c1-2-21-14-10-6-5-9-13(14)19-16(18(21)23)15-11-7-3-4-8-12(11)20-17(15)22/h3-10,15H,2H2,1H3,(H,20,22). The van der Waals surface area contributed by atoms with Crippen molar-refractivity contribution >= 4 is 22.6 Å². The molecule has 0 aliphatic carbocycles. The molecule has 0 spiro atoms. The minimum absolute atomic E-state index is 0.200. The van der Waals surface area contributed by atoms with E-state index < -0.39 is 5.92 Å². The number of hydrogen-bond acceptors (Lipinski definition) is 3. The maximum Gasteiger partial charge on any atom is 0.273 e. The van der Waals surface area contributed by atoms with Crippen molar-refractivity contribution in [3.8, 4) is 0 Å².